The van der Waals surface area contributed by atoms with Crippen molar-refractivity contribution in [3.8, 4) is 11.1 Å². The predicted octanol–water partition coefficient (Wildman–Crippen LogP) is 5.19. The number of rotatable bonds is 9. The summed E-state index contributed by atoms with van der Waals surface area (Å²) in [5, 5.41) is 13.3. The number of ether oxygens (including phenoxy) is 1. The van der Waals surface area contributed by atoms with E-state index in [2.05, 4.69) is 52.6 Å². The van der Waals surface area contributed by atoms with E-state index in [1.807, 2.05) is 22.9 Å². The molecule has 39 heavy (non-hydrogen) atoms. The number of carbonyl (C=O) groups is 1. The fraction of sp³-hybridized carbons (Fsp3) is 0.333. The summed E-state index contributed by atoms with van der Waals surface area (Å²) in [6, 6.07) is 18.7. The highest BCUT2D eigenvalue weighted by Gasteiger charge is 2.23. The van der Waals surface area contributed by atoms with E-state index in [0.29, 0.717) is 12.5 Å². The van der Waals surface area contributed by atoms with Crippen LogP contribution in [-0.4, -0.2) is 58.1 Å². The number of nitrogens with two attached hydrogens (primary N) is 1. The Kier molecular flexibility index (Phi) is 8.05. The normalized spacial score (nSPS) is 14.6. The number of methoxy groups -OCH3 is 1. The number of piperidine rings is 1. The lowest BCUT2D eigenvalue weighted by atomic mass is 9.91. The Hall–Kier alpha value is -4.40. The zero-order chi connectivity index (χ0) is 27.2. The lowest BCUT2D eigenvalue weighted by molar-refractivity contribution is 0.105. The molecule has 1 amide bonds. The smallest absolute Gasteiger partial charge is 0.409 e. The van der Waals surface area contributed by atoms with Gasteiger partial charge in [-0.2, -0.15) is 5.10 Å². The first-order valence-electron chi connectivity index (χ1n) is 13.4. The van der Waals surface area contributed by atoms with Crippen molar-refractivity contribution < 1.29 is 9.53 Å². The number of aromatic amines is 1. The molecule has 1 fully saturated rings. The Balaban J connectivity index is 1.30. The second-order valence-corrected chi connectivity index (χ2v) is 10.1. The van der Waals surface area contributed by atoms with Crippen molar-refractivity contribution in [3.05, 3.63) is 77.7 Å². The lowest BCUT2D eigenvalue weighted by Crippen LogP contribution is -2.38. The summed E-state index contributed by atoms with van der Waals surface area (Å²) in [4.78, 5) is 21.0. The number of aryl methyl sites for hydroxylation is 1. The molecule has 0 unspecified atom stereocenters. The number of aliphatic imine (C=N–C) groups is 1. The number of hydrogen-bond donors (Lipinski definition) is 3. The lowest BCUT2D eigenvalue weighted by Gasteiger charge is -2.30. The number of aromatic nitrogens is 3. The number of carbonyl (C=O) groups excluding carboxylic acids is 1. The highest BCUT2D eigenvalue weighted by molar-refractivity contribution is 6.05. The molecule has 1 aliphatic rings. The molecule has 0 spiro atoms. The number of fused-ring (bicyclic) bond motifs is 1. The van der Waals surface area contributed by atoms with Crippen molar-refractivity contribution in [1.29, 1.82) is 5.41 Å². The molecule has 4 N–H and O–H groups in total. The Morgan fingerprint density at radius 2 is 2.00 bits per heavy atom. The van der Waals surface area contributed by atoms with Crippen LogP contribution in [0.5, 0.6) is 0 Å². The standard InChI is InChI=1S/C30H35N7O2/c1-39-30(38)36-14-12-21(13-15-36)8-5-9-25-17-26(28(34-25)29(32)33-20-31)23-10-11-24-19-37(35-27(24)16-23)18-22-6-3-2-4-7-22/h2-4,6-7,10-11,16-17,19-21,34H,5,8-9,12-15,18H2,1H3,(H3,31,32,33). The Morgan fingerprint density at radius 1 is 1.21 bits per heavy atom. The average Bonchev–Trinajstić information content (AvgIpc) is 3.57. The van der Waals surface area contributed by atoms with E-state index in [0.717, 1.165) is 84.9 Å². The molecule has 0 aliphatic carbocycles. The van der Waals surface area contributed by atoms with Crippen LogP contribution in [0.1, 0.15) is 42.6 Å². The van der Waals surface area contributed by atoms with Crippen LogP contribution in [0.3, 0.4) is 0 Å². The quantitative estimate of drug-likeness (QED) is 0.205. The molecule has 0 radical (unpaired) electrons. The molecule has 0 bridgehead atoms. The molecule has 4 aromatic rings. The molecular formula is C30H35N7O2. The van der Waals surface area contributed by atoms with E-state index in [9.17, 15) is 4.79 Å². The SMILES string of the molecule is COC(=O)N1CCC(CCCc2cc(-c3ccc4cn(Cc5ccccc5)nc4c3)c(/C(N)=N\C=N)[nH]2)CC1. The largest absolute Gasteiger partial charge is 0.453 e. The van der Waals surface area contributed by atoms with Crippen LogP contribution >= 0.6 is 0 Å². The van der Waals surface area contributed by atoms with Crippen molar-refractivity contribution in [2.45, 2.75) is 38.6 Å². The van der Waals surface area contributed by atoms with Crippen molar-refractivity contribution in [3.63, 3.8) is 0 Å². The fourth-order valence-electron chi connectivity index (χ4n) is 5.41. The van der Waals surface area contributed by atoms with Gasteiger partial charge in [0.1, 0.15) is 12.2 Å². The summed E-state index contributed by atoms with van der Waals surface area (Å²) >= 11 is 0. The molecule has 0 atom stereocenters. The third-order valence-corrected chi connectivity index (χ3v) is 7.49. The summed E-state index contributed by atoms with van der Waals surface area (Å²) in [6.07, 6.45) is 7.84. The van der Waals surface area contributed by atoms with Crippen LogP contribution in [-0.2, 0) is 17.7 Å². The van der Waals surface area contributed by atoms with Gasteiger partial charge in [-0.25, -0.2) is 9.79 Å². The van der Waals surface area contributed by atoms with Gasteiger partial charge in [-0.05, 0) is 61.3 Å². The molecule has 0 saturated carbocycles. The summed E-state index contributed by atoms with van der Waals surface area (Å²) in [5.74, 6) is 0.897. The van der Waals surface area contributed by atoms with E-state index in [4.69, 9.17) is 21.0 Å². The highest BCUT2D eigenvalue weighted by Crippen LogP contribution is 2.29. The van der Waals surface area contributed by atoms with Crippen molar-refractivity contribution in [1.82, 2.24) is 19.7 Å². The van der Waals surface area contributed by atoms with E-state index >= 15 is 0 Å². The summed E-state index contributed by atoms with van der Waals surface area (Å²) < 4.78 is 6.81. The van der Waals surface area contributed by atoms with Crippen LogP contribution in [0.2, 0.25) is 0 Å². The fourth-order valence-corrected chi connectivity index (χ4v) is 5.41. The summed E-state index contributed by atoms with van der Waals surface area (Å²) in [7, 11) is 1.43. The molecule has 2 aromatic carbocycles. The Bertz CT molecular complexity index is 1460. The van der Waals surface area contributed by atoms with Gasteiger partial charge < -0.3 is 20.4 Å². The molecule has 1 saturated heterocycles. The number of amides is 1. The molecule has 2 aromatic heterocycles. The first-order chi connectivity index (χ1) is 19.0. The maximum absolute atomic E-state index is 11.7. The highest BCUT2D eigenvalue weighted by atomic mass is 16.5. The second kappa shape index (κ2) is 12.0. The van der Waals surface area contributed by atoms with Gasteiger partial charge in [-0.3, -0.25) is 10.1 Å². The van der Waals surface area contributed by atoms with Crippen LogP contribution in [0.25, 0.3) is 22.0 Å². The maximum atomic E-state index is 11.7. The van der Waals surface area contributed by atoms with E-state index < -0.39 is 0 Å². The number of nitrogens with one attached hydrogen (secondary N) is 2. The molecule has 1 aliphatic heterocycles. The van der Waals surface area contributed by atoms with Crippen molar-refractivity contribution >= 4 is 29.2 Å². The van der Waals surface area contributed by atoms with Crippen LogP contribution < -0.4 is 5.73 Å². The molecule has 9 nitrogen and oxygen atoms in total. The average molecular weight is 526 g/mol. The second-order valence-electron chi connectivity index (χ2n) is 10.1. The predicted molar refractivity (Wildman–Crippen MR) is 154 cm³/mol. The van der Waals surface area contributed by atoms with Gasteiger partial charge >= 0.3 is 6.09 Å². The third kappa shape index (κ3) is 6.19. The molecular weight excluding hydrogens is 490 g/mol. The molecule has 202 valence electrons. The minimum atomic E-state index is -0.231. The topological polar surface area (TPSA) is 125 Å². The Morgan fingerprint density at radius 3 is 2.74 bits per heavy atom. The van der Waals surface area contributed by atoms with Gasteiger partial charge in [0.2, 0.25) is 0 Å². The Labute approximate surface area is 228 Å². The summed E-state index contributed by atoms with van der Waals surface area (Å²) in [5.41, 5.74) is 12.1. The minimum absolute atomic E-state index is 0.231. The summed E-state index contributed by atoms with van der Waals surface area (Å²) in [6.45, 7) is 2.23. The van der Waals surface area contributed by atoms with Gasteiger partial charge in [0.15, 0.2) is 0 Å². The van der Waals surface area contributed by atoms with Gasteiger partial charge in [0.25, 0.3) is 0 Å². The number of benzene rings is 2. The monoisotopic (exact) mass is 525 g/mol. The van der Waals surface area contributed by atoms with Crippen molar-refractivity contribution in [2.75, 3.05) is 20.2 Å². The van der Waals surface area contributed by atoms with Crippen LogP contribution in [0.15, 0.2) is 65.8 Å². The molecule has 5 rings (SSSR count). The molecule has 3 heterocycles. The number of likely N-dealkylation sites (tertiary alicyclic amines) is 1. The van der Waals surface area contributed by atoms with Crippen LogP contribution in [0.4, 0.5) is 4.79 Å². The van der Waals surface area contributed by atoms with E-state index in [1.54, 1.807) is 4.90 Å². The number of nitrogens with zero attached hydrogens (tertiary/aromatic N) is 4. The van der Waals surface area contributed by atoms with Gasteiger partial charge in [0.05, 0.1) is 24.9 Å². The number of amidine groups is 1. The van der Waals surface area contributed by atoms with Gasteiger partial charge in [-0.1, -0.05) is 42.5 Å². The number of hydrogen-bond acceptors (Lipinski definition) is 4. The van der Waals surface area contributed by atoms with Gasteiger partial charge in [0, 0.05) is 35.9 Å². The first kappa shape index (κ1) is 26.2. The van der Waals surface area contributed by atoms with E-state index in [-0.39, 0.29) is 11.9 Å². The third-order valence-electron chi connectivity index (χ3n) is 7.49. The number of H-pyrrole nitrogens is 1. The zero-order valence-electron chi connectivity index (χ0n) is 22.3. The van der Waals surface area contributed by atoms with Crippen LogP contribution in [0, 0.1) is 11.3 Å². The maximum Gasteiger partial charge on any atom is 0.409 e. The first-order valence-corrected chi connectivity index (χ1v) is 13.4. The van der Waals surface area contributed by atoms with E-state index in [1.165, 1.54) is 12.7 Å². The minimum Gasteiger partial charge on any atom is -0.453 e. The van der Waals surface area contributed by atoms with Gasteiger partial charge in [-0.15, -0.1) is 0 Å². The molecule has 9 heteroatoms. The van der Waals surface area contributed by atoms with Crippen molar-refractivity contribution in [2.24, 2.45) is 16.6 Å². The zero-order valence-corrected chi connectivity index (χ0v) is 22.3.